The number of nitro groups is 1. The summed E-state index contributed by atoms with van der Waals surface area (Å²) in [6.45, 7) is 3.94. The van der Waals surface area contributed by atoms with E-state index in [1.165, 1.54) is 23.5 Å². The van der Waals surface area contributed by atoms with Crippen LogP contribution in [0.2, 0.25) is 0 Å². The minimum absolute atomic E-state index is 0.114. The summed E-state index contributed by atoms with van der Waals surface area (Å²) >= 11 is 1.28. The maximum Gasteiger partial charge on any atom is 0.273 e. The Morgan fingerprint density at radius 2 is 2.00 bits per heavy atom. The third-order valence-corrected chi connectivity index (χ3v) is 4.73. The molecule has 8 heteroatoms. The topological polar surface area (TPSA) is 115 Å². The van der Waals surface area contributed by atoms with Gasteiger partial charge >= 0.3 is 0 Å². The number of hydrogen-bond donors (Lipinski definition) is 2. The van der Waals surface area contributed by atoms with Crippen LogP contribution in [0.5, 0.6) is 0 Å². The maximum atomic E-state index is 12.2. The van der Waals surface area contributed by atoms with E-state index in [9.17, 15) is 19.7 Å². The number of hydrogen-bond acceptors (Lipinski definition) is 5. The molecule has 0 aliphatic heterocycles. The third-order valence-electron chi connectivity index (χ3n) is 3.38. The van der Waals surface area contributed by atoms with Crippen LogP contribution in [-0.2, 0) is 11.2 Å². The van der Waals surface area contributed by atoms with Gasteiger partial charge in [0.15, 0.2) is 0 Å². The minimum Gasteiger partial charge on any atom is -0.366 e. The lowest BCUT2D eigenvalue weighted by Crippen LogP contribution is -2.18. The van der Waals surface area contributed by atoms with E-state index >= 15 is 0 Å². The Balaban J connectivity index is 2.22. The van der Waals surface area contributed by atoms with Gasteiger partial charge in [-0.05, 0) is 12.0 Å². The summed E-state index contributed by atoms with van der Waals surface area (Å²) in [4.78, 5) is 35.2. The number of nitrogens with one attached hydrogen (secondary N) is 1. The van der Waals surface area contributed by atoms with Crippen molar-refractivity contribution in [1.82, 2.24) is 0 Å². The molecule has 1 heterocycles. The second-order valence-electron chi connectivity index (χ2n) is 5.52. The average Bonchev–Trinajstić information content (AvgIpc) is 2.91. The molecular weight excluding hydrogens is 330 g/mol. The van der Waals surface area contributed by atoms with Gasteiger partial charge in [0.25, 0.3) is 11.6 Å². The van der Waals surface area contributed by atoms with Crippen molar-refractivity contribution >= 4 is 33.8 Å². The number of nitro benzene ring substituents is 1. The van der Waals surface area contributed by atoms with Crippen LogP contribution in [0, 0.1) is 10.1 Å². The monoisotopic (exact) mass is 347 g/mol. The van der Waals surface area contributed by atoms with Crippen LogP contribution in [0.1, 0.15) is 40.6 Å². The molecule has 24 heavy (non-hydrogen) atoms. The molecule has 0 spiro atoms. The molecule has 2 amide bonds. The van der Waals surface area contributed by atoms with Crippen molar-refractivity contribution in [2.45, 2.75) is 26.2 Å². The quantitative estimate of drug-likeness (QED) is 0.617. The molecule has 1 aromatic heterocycles. The van der Waals surface area contributed by atoms with Gasteiger partial charge in [-0.2, -0.15) is 0 Å². The van der Waals surface area contributed by atoms with Crippen LogP contribution >= 0.6 is 11.3 Å². The summed E-state index contributed by atoms with van der Waals surface area (Å²) in [5.41, 5.74) is 5.79. The smallest absolute Gasteiger partial charge is 0.273 e. The lowest BCUT2D eigenvalue weighted by molar-refractivity contribution is -0.385. The number of amides is 2. The number of primary amides is 1. The molecule has 126 valence electrons. The Hall–Kier alpha value is -2.74. The van der Waals surface area contributed by atoms with Crippen LogP contribution < -0.4 is 11.1 Å². The molecule has 0 saturated carbocycles. The fourth-order valence-electron chi connectivity index (χ4n) is 2.15. The normalized spacial score (nSPS) is 10.6. The molecule has 0 aliphatic rings. The summed E-state index contributed by atoms with van der Waals surface area (Å²) in [5, 5.41) is 14.0. The Morgan fingerprint density at radius 1 is 1.33 bits per heavy atom. The molecule has 7 nitrogen and oxygen atoms in total. The van der Waals surface area contributed by atoms with E-state index in [1.54, 1.807) is 18.2 Å². The third kappa shape index (κ3) is 3.96. The first kappa shape index (κ1) is 17.6. The Labute approximate surface area is 142 Å². The fraction of sp³-hybridized carbons (Fsp3) is 0.250. The second kappa shape index (κ2) is 7.22. The molecule has 2 aromatic rings. The molecule has 2 rings (SSSR count). The van der Waals surface area contributed by atoms with Crippen molar-refractivity contribution in [2.75, 3.05) is 5.32 Å². The van der Waals surface area contributed by atoms with Crippen molar-refractivity contribution in [3.05, 3.63) is 56.5 Å². The van der Waals surface area contributed by atoms with E-state index in [2.05, 4.69) is 5.32 Å². The predicted molar refractivity (Wildman–Crippen MR) is 92.4 cm³/mol. The summed E-state index contributed by atoms with van der Waals surface area (Å²) in [7, 11) is 0. The molecule has 0 unspecified atom stereocenters. The van der Waals surface area contributed by atoms with Gasteiger partial charge in [-0.25, -0.2) is 0 Å². The standard InChI is InChI=1S/C16H17N3O4S/c1-9(2)13-8-11(15(17)21)16(24-13)18-14(20)7-10-5-3-4-6-12(10)19(22)23/h3-6,8-9H,7H2,1-2H3,(H2,17,21)(H,18,20). The number of nitrogens with zero attached hydrogens (tertiary/aromatic N) is 1. The highest BCUT2D eigenvalue weighted by Gasteiger charge is 2.20. The number of para-hydroxylation sites is 1. The average molecular weight is 347 g/mol. The summed E-state index contributed by atoms with van der Waals surface area (Å²) in [6.07, 6.45) is -0.162. The van der Waals surface area contributed by atoms with E-state index < -0.39 is 16.7 Å². The largest absolute Gasteiger partial charge is 0.366 e. The zero-order valence-corrected chi connectivity index (χ0v) is 14.1. The molecule has 0 fully saturated rings. The summed E-state index contributed by atoms with van der Waals surface area (Å²) < 4.78 is 0. The van der Waals surface area contributed by atoms with Gasteiger partial charge in [0.1, 0.15) is 5.00 Å². The number of thiophene rings is 1. The highest BCUT2D eigenvalue weighted by molar-refractivity contribution is 7.16. The molecule has 3 N–H and O–H groups in total. The van der Waals surface area contributed by atoms with Crippen molar-refractivity contribution in [3.63, 3.8) is 0 Å². The molecule has 0 aliphatic carbocycles. The first-order chi connectivity index (χ1) is 11.3. The molecule has 0 saturated heterocycles. The van der Waals surface area contributed by atoms with Crippen LogP contribution in [-0.4, -0.2) is 16.7 Å². The lowest BCUT2D eigenvalue weighted by Gasteiger charge is -2.05. The van der Waals surface area contributed by atoms with Gasteiger partial charge in [-0.1, -0.05) is 32.0 Å². The van der Waals surface area contributed by atoms with E-state index in [0.717, 1.165) is 4.88 Å². The van der Waals surface area contributed by atoms with E-state index in [4.69, 9.17) is 5.73 Å². The van der Waals surface area contributed by atoms with Gasteiger partial charge in [-0.15, -0.1) is 11.3 Å². The Kier molecular flexibility index (Phi) is 5.30. The maximum absolute atomic E-state index is 12.2. The number of benzene rings is 1. The van der Waals surface area contributed by atoms with Crippen LogP contribution in [0.4, 0.5) is 10.7 Å². The molecule has 1 aromatic carbocycles. The number of rotatable bonds is 6. The van der Waals surface area contributed by atoms with Gasteiger partial charge in [0.05, 0.1) is 16.9 Å². The second-order valence-corrected chi connectivity index (χ2v) is 6.61. The first-order valence-electron chi connectivity index (χ1n) is 7.25. The molecule has 0 atom stereocenters. The number of carbonyl (C=O) groups is 2. The molecule has 0 bridgehead atoms. The highest BCUT2D eigenvalue weighted by Crippen LogP contribution is 2.32. The van der Waals surface area contributed by atoms with Gasteiger partial charge in [-0.3, -0.25) is 19.7 Å². The lowest BCUT2D eigenvalue weighted by atomic mass is 10.1. The van der Waals surface area contributed by atoms with Crippen molar-refractivity contribution < 1.29 is 14.5 Å². The Morgan fingerprint density at radius 3 is 2.58 bits per heavy atom. The number of anilines is 1. The molecule has 0 radical (unpaired) electrons. The number of carbonyl (C=O) groups excluding carboxylic acids is 2. The van der Waals surface area contributed by atoms with E-state index in [1.807, 2.05) is 13.8 Å². The van der Waals surface area contributed by atoms with Crippen molar-refractivity contribution in [1.29, 1.82) is 0 Å². The van der Waals surface area contributed by atoms with Crippen LogP contribution in [0.25, 0.3) is 0 Å². The fourth-order valence-corrected chi connectivity index (χ4v) is 3.24. The van der Waals surface area contributed by atoms with E-state index in [0.29, 0.717) is 10.6 Å². The van der Waals surface area contributed by atoms with E-state index in [-0.39, 0.29) is 23.6 Å². The predicted octanol–water partition coefficient (Wildman–Crippen LogP) is 3.06. The van der Waals surface area contributed by atoms with Gasteiger partial charge < -0.3 is 11.1 Å². The van der Waals surface area contributed by atoms with Gasteiger partial charge in [0.2, 0.25) is 5.91 Å². The first-order valence-corrected chi connectivity index (χ1v) is 8.07. The summed E-state index contributed by atoms with van der Waals surface area (Å²) in [6, 6.07) is 7.71. The van der Waals surface area contributed by atoms with Crippen molar-refractivity contribution in [3.8, 4) is 0 Å². The zero-order chi connectivity index (χ0) is 17.9. The Bertz CT molecular complexity index is 798. The SMILES string of the molecule is CC(C)c1cc(C(N)=O)c(NC(=O)Cc2ccccc2[N+](=O)[O-])s1. The summed E-state index contributed by atoms with van der Waals surface area (Å²) in [5.74, 6) is -0.878. The zero-order valence-electron chi connectivity index (χ0n) is 13.2. The van der Waals surface area contributed by atoms with Gasteiger partial charge in [0, 0.05) is 16.5 Å². The van der Waals surface area contributed by atoms with Crippen molar-refractivity contribution in [2.24, 2.45) is 5.73 Å². The minimum atomic E-state index is -0.626. The van der Waals surface area contributed by atoms with Crippen LogP contribution in [0.15, 0.2) is 30.3 Å². The highest BCUT2D eigenvalue weighted by atomic mass is 32.1. The number of nitrogens with two attached hydrogens (primary N) is 1. The van der Waals surface area contributed by atoms with Crippen LogP contribution in [0.3, 0.4) is 0 Å². The molecular formula is C16H17N3O4S.